The molecule has 0 saturated heterocycles. The van der Waals surface area contributed by atoms with E-state index in [0.717, 1.165) is 4.90 Å². The normalized spacial score (nSPS) is 11.4. The molecule has 33 heavy (non-hydrogen) atoms. The highest BCUT2D eigenvalue weighted by molar-refractivity contribution is 8.00. The van der Waals surface area contributed by atoms with Crippen molar-refractivity contribution in [3.05, 3.63) is 78.4 Å². The van der Waals surface area contributed by atoms with Crippen LogP contribution in [0.25, 0.3) is 0 Å². The van der Waals surface area contributed by atoms with E-state index >= 15 is 0 Å². The lowest BCUT2D eigenvalue weighted by molar-refractivity contribution is -0.115. The van der Waals surface area contributed by atoms with Crippen molar-refractivity contribution in [2.75, 3.05) is 24.4 Å². The second-order valence-corrected chi connectivity index (χ2v) is 8.42. The number of benzene rings is 3. The van der Waals surface area contributed by atoms with Gasteiger partial charge >= 0.3 is 0 Å². The number of carbonyl (C=O) groups is 2. The monoisotopic (exact) mass is 464 g/mol. The summed E-state index contributed by atoms with van der Waals surface area (Å²) in [6.07, 6.45) is 0.647. The number of thioether (sulfide) groups is 1. The number of anilines is 2. The molecule has 0 aromatic heterocycles. The van der Waals surface area contributed by atoms with E-state index in [4.69, 9.17) is 9.47 Å². The molecule has 0 heterocycles. The molecular weight excluding hydrogens is 436 g/mol. The molecule has 6 nitrogen and oxygen atoms in total. The third-order valence-electron chi connectivity index (χ3n) is 4.81. The smallest absolute Gasteiger partial charge is 0.255 e. The predicted molar refractivity (Wildman–Crippen MR) is 134 cm³/mol. The molecule has 0 aliphatic rings. The number of methoxy groups -OCH3 is 1. The first-order chi connectivity index (χ1) is 16.0. The van der Waals surface area contributed by atoms with Crippen LogP contribution in [0.15, 0.2) is 77.7 Å². The zero-order valence-corrected chi connectivity index (χ0v) is 19.8. The maximum atomic E-state index is 12.9. The quantitative estimate of drug-likeness (QED) is 0.368. The fraction of sp³-hybridized carbons (Fsp3) is 0.231. The average Bonchev–Trinajstić information content (AvgIpc) is 2.84. The van der Waals surface area contributed by atoms with E-state index in [1.807, 2.05) is 62.4 Å². The molecule has 2 N–H and O–H groups in total. The second-order valence-electron chi connectivity index (χ2n) is 7.15. The summed E-state index contributed by atoms with van der Waals surface area (Å²) < 4.78 is 10.8. The van der Waals surface area contributed by atoms with Crippen molar-refractivity contribution >= 4 is 35.0 Å². The fourth-order valence-electron chi connectivity index (χ4n) is 3.17. The summed E-state index contributed by atoms with van der Waals surface area (Å²) in [5.74, 6) is 0.943. The van der Waals surface area contributed by atoms with Gasteiger partial charge in [0.05, 0.1) is 24.7 Å². The molecule has 0 aliphatic carbocycles. The molecule has 3 rings (SSSR count). The Morgan fingerprint density at radius 2 is 1.73 bits per heavy atom. The Morgan fingerprint density at radius 3 is 2.48 bits per heavy atom. The maximum absolute atomic E-state index is 12.9. The standard InChI is InChI=1S/C26H28N2O4S/c1-4-24(26(30)28-22-14-6-7-15-23(22)32-5-2)33-21-13-9-11-19(17-21)27-25(29)18-10-8-12-20(16-18)31-3/h6-17,24H,4-5H2,1-3H3,(H,27,29)(H,28,30). The summed E-state index contributed by atoms with van der Waals surface area (Å²) in [6, 6.07) is 21.8. The molecule has 1 unspecified atom stereocenters. The van der Waals surface area contributed by atoms with Crippen LogP contribution in [0, 0.1) is 0 Å². The van der Waals surface area contributed by atoms with Gasteiger partial charge in [0.15, 0.2) is 0 Å². The topological polar surface area (TPSA) is 76.7 Å². The minimum absolute atomic E-state index is 0.0968. The second kappa shape index (κ2) is 12.0. The van der Waals surface area contributed by atoms with Crippen LogP contribution in [0.1, 0.15) is 30.6 Å². The van der Waals surface area contributed by atoms with Gasteiger partial charge in [0.2, 0.25) is 5.91 Å². The minimum Gasteiger partial charge on any atom is -0.497 e. The van der Waals surface area contributed by atoms with Crippen molar-refractivity contribution in [2.45, 2.75) is 30.4 Å². The minimum atomic E-state index is -0.302. The predicted octanol–water partition coefficient (Wildman–Crippen LogP) is 5.86. The number of ether oxygens (including phenoxy) is 2. The molecule has 3 aromatic carbocycles. The van der Waals surface area contributed by atoms with Gasteiger partial charge in [0, 0.05) is 16.1 Å². The number of hydrogen-bond acceptors (Lipinski definition) is 5. The van der Waals surface area contributed by atoms with E-state index in [2.05, 4.69) is 10.6 Å². The van der Waals surface area contributed by atoms with Crippen molar-refractivity contribution in [2.24, 2.45) is 0 Å². The van der Waals surface area contributed by atoms with Gasteiger partial charge in [-0.25, -0.2) is 0 Å². The molecule has 0 fully saturated rings. The highest BCUT2D eigenvalue weighted by atomic mass is 32.2. The molecule has 172 valence electrons. The Kier molecular flexibility index (Phi) is 8.78. The van der Waals surface area contributed by atoms with E-state index < -0.39 is 0 Å². The number of para-hydroxylation sites is 2. The summed E-state index contributed by atoms with van der Waals surface area (Å²) in [4.78, 5) is 26.5. The number of nitrogens with one attached hydrogen (secondary N) is 2. The lowest BCUT2D eigenvalue weighted by Gasteiger charge is -2.17. The van der Waals surface area contributed by atoms with Crippen LogP contribution in [0.2, 0.25) is 0 Å². The number of rotatable bonds is 10. The van der Waals surface area contributed by atoms with Gasteiger partial charge in [-0.15, -0.1) is 11.8 Å². The molecule has 0 saturated carbocycles. The van der Waals surface area contributed by atoms with E-state index in [9.17, 15) is 9.59 Å². The Bertz CT molecular complexity index is 1100. The molecule has 0 aliphatic heterocycles. The van der Waals surface area contributed by atoms with E-state index in [-0.39, 0.29) is 17.1 Å². The Balaban J connectivity index is 1.67. The molecule has 0 spiro atoms. The highest BCUT2D eigenvalue weighted by Gasteiger charge is 2.20. The van der Waals surface area contributed by atoms with E-state index in [0.29, 0.717) is 41.5 Å². The highest BCUT2D eigenvalue weighted by Crippen LogP contribution is 2.30. The van der Waals surface area contributed by atoms with Crippen molar-refractivity contribution < 1.29 is 19.1 Å². The summed E-state index contributed by atoms with van der Waals surface area (Å²) >= 11 is 1.45. The molecule has 0 bridgehead atoms. The summed E-state index contributed by atoms with van der Waals surface area (Å²) in [7, 11) is 1.56. The van der Waals surface area contributed by atoms with Crippen molar-refractivity contribution in [3.8, 4) is 11.5 Å². The van der Waals surface area contributed by atoms with Gasteiger partial charge < -0.3 is 20.1 Å². The van der Waals surface area contributed by atoms with Crippen LogP contribution >= 0.6 is 11.8 Å². The van der Waals surface area contributed by atoms with Crippen LogP contribution in [-0.4, -0.2) is 30.8 Å². The van der Waals surface area contributed by atoms with Crippen molar-refractivity contribution in [1.82, 2.24) is 0 Å². The molecule has 2 amide bonds. The lowest BCUT2D eigenvalue weighted by Crippen LogP contribution is -2.24. The van der Waals surface area contributed by atoms with Gasteiger partial charge in [-0.2, -0.15) is 0 Å². The van der Waals surface area contributed by atoms with Gasteiger partial charge in [-0.05, 0) is 61.9 Å². The first-order valence-corrected chi connectivity index (χ1v) is 11.7. The Morgan fingerprint density at radius 1 is 0.939 bits per heavy atom. The van der Waals surface area contributed by atoms with Gasteiger partial charge in [0.25, 0.3) is 5.91 Å². The molecule has 3 aromatic rings. The third kappa shape index (κ3) is 6.76. The van der Waals surface area contributed by atoms with Gasteiger partial charge in [-0.3, -0.25) is 9.59 Å². The number of amides is 2. The average molecular weight is 465 g/mol. The maximum Gasteiger partial charge on any atom is 0.255 e. The van der Waals surface area contributed by atoms with E-state index in [1.165, 1.54) is 11.8 Å². The summed E-state index contributed by atoms with van der Waals surface area (Å²) in [5.41, 5.74) is 1.82. The molecule has 1 atom stereocenters. The lowest BCUT2D eigenvalue weighted by atomic mass is 10.2. The SMILES string of the molecule is CCOc1ccccc1NC(=O)C(CC)Sc1cccc(NC(=O)c2cccc(OC)c2)c1. The van der Waals surface area contributed by atoms with Crippen LogP contribution in [0.4, 0.5) is 11.4 Å². The van der Waals surface area contributed by atoms with Gasteiger partial charge in [-0.1, -0.05) is 31.2 Å². The molecule has 0 radical (unpaired) electrons. The molecule has 7 heteroatoms. The number of hydrogen-bond donors (Lipinski definition) is 2. The van der Waals surface area contributed by atoms with Crippen molar-refractivity contribution in [1.29, 1.82) is 0 Å². The van der Waals surface area contributed by atoms with Crippen LogP contribution in [-0.2, 0) is 4.79 Å². The van der Waals surface area contributed by atoms with E-state index in [1.54, 1.807) is 31.4 Å². The van der Waals surface area contributed by atoms with Crippen LogP contribution < -0.4 is 20.1 Å². The largest absolute Gasteiger partial charge is 0.497 e. The zero-order chi connectivity index (χ0) is 23.6. The number of carbonyl (C=O) groups excluding carboxylic acids is 2. The molecular formula is C26H28N2O4S. The van der Waals surface area contributed by atoms with Crippen molar-refractivity contribution in [3.63, 3.8) is 0 Å². The summed E-state index contributed by atoms with van der Waals surface area (Å²) in [6.45, 7) is 4.40. The van der Waals surface area contributed by atoms with Gasteiger partial charge in [0.1, 0.15) is 11.5 Å². The Hall–Kier alpha value is -3.45. The first-order valence-electron chi connectivity index (χ1n) is 10.8. The van der Waals surface area contributed by atoms with Crippen LogP contribution in [0.5, 0.6) is 11.5 Å². The van der Waals surface area contributed by atoms with Crippen LogP contribution in [0.3, 0.4) is 0 Å². The first kappa shape index (κ1) is 24.2. The zero-order valence-electron chi connectivity index (χ0n) is 19.0. The summed E-state index contributed by atoms with van der Waals surface area (Å²) in [5, 5.41) is 5.58. The fourth-order valence-corrected chi connectivity index (χ4v) is 4.18. The third-order valence-corrected chi connectivity index (χ3v) is 6.17. The Labute approximate surface area is 198 Å².